The Morgan fingerprint density at radius 2 is 1.93 bits per heavy atom. The van der Waals surface area contributed by atoms with Crippen molar-refractivity contribution in [1.82, 2.24) is 10.2 Å². The molecule has 2 amide bonds. The maximum Gasteiger partial charge on any atom is 0.408 e. The molecule has 30 heavy (non-hydrogen) atoms. The minimum atomic E-state index is -3.13. The SMILES string of the molecule is CC(C)(C)OC(=O)NCC(=O)N=C1S[C@@H]2CS(=O)(=O)C[C@@H]2N1Cc1ccc(Cl)cc1. The lowest BCUT2D eigenvalue weighted by Gasteiger charge is -2.24. The molecular weight excluding hydrogens is 450 g/mol. The number of nitrogens with one attached hydrogen (secondary N) is 1. The molecule has 0 aliphatic carbocycles. The first-order valence-electron chi connectivity index (χ1n) is 9.38. The molecule has 0 radical (unpaired) electrons. The summed E-state index contributed by atoms with van der Waals surface area (Å²) in [7, 11) is -3.13. The van der Waals surface area contributed by atoms with Crippen LogP contribution in [0, 0.1) is 0 Å². The number of alkyl carbamates (subject to hydrolysis) is 1. The first-order valence-corrected chi connectivity index (χ1v) is 12.5. The van der Waals surface area contributed by atoms with Crippen LogP contribution in [0.3, 0.4) is 0 Å². The minimum absolute atomic E-state index is 0.0294. The van der Waals surface area contributed by atoms with Crippen molar-refractivity contribution in [3.8, 4) is 0 Å². The Balaban J connectivity index is 1.72. The van der Waals surface area contributed by atoms with E-state index in [9.17, 15) is 18.0 Å². The average molecular weight is 474 g/mol. The van der Waals surface area contributed by atoms with Gasteiger partial charge in [0, 0.05) is 16.8 Å². The highest BCUT2D eigenvalue weighted by atomic mass is 35.5. The van der Waals surface area contributed by atoms with Crippen LogP contribution in [0.25, 0.3) is 0 Å². The van der Waals surface area contributed by atoms with Crippen LogP contribution in [-0.4, -0.2) is 65.4 Å². The Labute approximate surface area is 185 Å². The number of benzene rings is 1. The van der Waals surface area contributed by atoms with Crippen LogP contribution >= 0.6 is 23.4 Å². The highest BCUT2D eigenvalue weighted by Crippen LogP contribution is 2.39. The number of amides is 2. The van der Waals surface area contributed by atoms with Crippen molar-refractivity contribution in [2.24, 2.45) is 4.99 Å². The minimum Gasteiger partial charge on any atom is -0.444 e. The van der Waals surface area contributed by atoms with Gasteiger partial charge in [0.2, 0.25) is 0 Å². The van der Waals surface area contributed by atoms with Gasteiger partial charge in [-0.05, 0) is 38.5 Å². The van der Waals surface area contributed by atoms with E-state index in [4.69, 9.17) is 16.3 Å². The van der Waals surface area contributed by atoms with Crippen molar-refractivity contribution < 1.29 is 22.7 Å². The summed E-state index contributed by atoms with van der Waals surface area (Å²) in [6.07, 6.45) is -0.698. The predicted molar refractivity (Wildman–Crippen MR) is 117 cm³/mol. The van der Waals surface area contributed by atoms with Crippen molar-refractivity contribution in [2.75, 3.05) is 18.1 Å². The van der Waals surface area contributed by atoms with Crippen LogP contribution in [0.5, 0.6) is 0 Å². The number of nitrogens with zero attached hydrogens (tertiary/aromatic N) is 2. The Kier molecular flexibility index (Phi) is 6.69. The van der Waals surface area contributed by atoms with Crippen molar-refractivity contribution in [2.45, 2.75) is 44.2 Å². The van der Waals surface area contributed by atoms with E-state index in [0.29, 0.717) is 16.7 Å². The van der Waals surface area contributed by atoms with Gasteiger partial charge in [0.25, 0.3) is 5.91 Å². The lowest BCUT2D eigenvalue weighted by atomic mass is 10.1. The molecule has 2 heterocycles. The van der Waals surface area contributed by atoms with Crippen molar-refractivity contribution in [3.05, 3.63) is 34.9 Å². The van der Waals surface area contributed by atoms with Crippen LogP contribution in [0.4, 0.5) is 4.79 Å². The highest BCUT2D eigenvalue weighted by Gasteiger charge is 2.48. The number of halogens is 1. The van der Waals surface area contributed by atoms with Gasteiger partial charge in [-0.2, -0.15) is 4.99 Å². The second kappa shape index (κ2) is 8.76. The number of sulfone groups is 1. The van der Waals surface area contributed by atoms with E-state index in [1.54, 1.807) is 32.9 Å². The molecule has 2 aliphatic heterocycles. The predicted octanol–water partition coefficient (Wildman–Crippen LogP) is 2.46. The third-order valence-corrected chi connectivity index (χ3v) is 7.94. The van der Waals surface area contributed by atoms with Gasteiger partial charge in [-0.25, -0.2) is 13.2 Å². The Morgan fingerprint density at radius 3 is 2.57 bits per heavy atom. The number of hydrogen-bond donors (Lipinski definition) is 1. The standard InChI is InChI=1S/C19H24ClN3O5S2/c1-19(2,3)28-18(25)21-8-16(24)22-17-23(9-12-4-6-13(20)7-5-12)14-10-30(26,27)11-15(14)29-17/h4-7,14-15H,8-11H2,1-3H3,(H,21,25)/t14-,15+/m0/s1. The first kappa shape index (κ1) is 22.9. The van der Waals surface area contributed by atoms with Crippen LogP contribution in [0.15, 0.2) is 29.3 Å². The van der Waals surface area contributed by atoms with E-state index >= 15 is 0 Å². The van der Waals surface area contributed by atoms with Crippen LogP contribution in [0.1, 0.15) is 26.3 Å². The Hall–Kier alpha value is -1.78. The molecule has 1 aromatic carbocycles. The largest absolute Gasteiger partial charge is 0.444 e. The summed E-state index contributed by atoms with van der Waals surface area (Å²) in [6, 6.07) is 6.98. The Bertz CT molecular complexity index is 957. The molecule has 1 N–H and O–H groups in total. The Morgan fingerprint density at radius 1 is 1.27 bits per heavy atom. The van der Waals surface area contributed by atoms with E-state index in [0.717, 1.165) is 5.56 Å². The number of hydrogen-bond acceptors (Lipinski definition) is 6. The lowest BCUT2D eigenvalue weighted by molar-refractivity contribution is -0.117. The smallest absolute Gasteiger partial charge is 0.408 e. The first-order chi connectivity index (χ1) is 13.9. The van der Waals surface area contributed by atoms with Gasteiger partial charge in [0.05, 0.1) is 17.5 Å². The van der Waals surface area contributed by atoms with Crippen LogP contribution in [0.2, 0.25) is 5.02 Å². The van der Waals surface area contributed by atoms with Crippen molar-refractivity contribution in [1.29, 1.82) is 0 Å². The number of carbonyl (C=O) groups is 2. The molecule has 2 aliphatic rings. The van der Waals surface area contributed by atoms with E-state index in [1.165, 1.54) is 11.8 Å². The molecular formula is C19H24ClN3O5S2. The summed E-state index contributed by atoms with van der Waals surface area (Å²) in [4.78, 5) is 30.1. The number of fused-ring (bicyclic) bond motifs is 1. The van der Waals surface area contributed by atoms with E-state index in [1.807, 2.05) is 17.0 Å². The van der Waals surface area contributed by atoms with Gasteiger partial charge in [0.1, 0.15) is 12.1 Å². The molecule has 2 atom stereocenters. The number of ether oxygens (including phenoxy) is 1. The maximum atomic E-state index is 12.3. The summed E-state index contributed by atoms with van der Waals surface area (Å²) in [5, 5.41) is 3.29. The maximum absolute atomic E-state index is 12.3. The number of amidine groups is 1. The molecule has 0 bridgehead atoms. The fourth-order valence-corrected chi connectivity index (χ4v) is 7.31. The average Bonchev–Trinajstić information content (AvgIpc) is 3.06. The van der Waals surface area contributed by atoms with E-state index < -0.39 is 27.4 Å². The fraction of sp³-hybridized carbons (Fsp3) is 0.526. The summed E-state index contributed by atoms with van der Waals surface area (Å²) < 4.78 is 29.3. The van der Waals surface area contributed by atoms with E-state index in [-0.39, 0.29) is 29.3 Å². The lowest BCUT2D eigenvalue weighted by Crippen LogP contribution is -2.38. The number of carbonyl (C=O) groups excluding carboxylic acids is 2. The molecule has 0 unspecified atom stereocenters. The second-order valence-electron chi connectivity index (χ2n) is 8.20. The summed E-state index contributed by atoms with van der Waals surface area (Å²) in [6.45, 7) is 5.29. The topological polar surface area (TPSA) is 105 Å². The molecule has 11 heteroatoms. The molecule has 0 aromatic heterocycles. The van der Waals surface area contributed by atoms with Gasteiger partial charge in [-0.15, -0.1) is 0 Å². The van der Waals surface area contributed by atoms with Gasteiger partial charge in [-0.1, -0.05) is 35.5 Å². The molecule has 164 valence electrons. The molecule has 3 rings (SSSR count). The van der Waals surface area contributed by atoms with Crippen LogP contribution < -0.4 is 5.32 Å². The number of thioether (sulfide) groups is 1. The molecule has 2 saturated heterocycles. The zero-order valence-electron chi connectivity index (χ0n) is 16.9. The summed E-state index contributed by atoms with van der Waals surface area (Å²) in [5.41, 5.74) is 0.260. The van der Waals surface area contributed by atoms with Crippen molar-refractivity contribution >= 4 is 50.4 Å². The molecule has 0 saturated carbocycles. The normalized spacial score (nSPS) is 24.0. The van der Waals surface area contributed by atoms with Crippen LogP contribution in [-0.2, 0) is 25.9 Å². The molecule has 1 aromatic rings. The second-order valence-corrected chi connectivity index (χ2v) is 12.0. The summed E-state index contributed by atoms with van der Waals surface area (Å²) >= 11 is 7.24. The zero-order valence-corrected chi connectivity index (χ0v) is 19.3. The van der Waals surface area contributed by atoms with Gasteiger partial charge >= 0.3 is 6.09 Å². The molecule has 0 spiro atoms. The third-order valence-electron chi connectivity index (χ3n) is 4.44. The van der Waals surface area contributed by atoms with Gasteiger partial charge in [-0.3, -0.25) is 4.79 Å². The fourth-order valence-electron chi connectivity index (χ4n) is 3.22. The van der Waals surface area contributed by atoms with Gasteiger partial charge in [0.15, 0.2) is 15.0 Å². The van der Waals surface area contributed by atoms with Crippen molar-refractivity contribution in [3.63, 3.8) is 0 Å². The molecule has 8 nitrogen and oxygen atoms in total. The molecule has 2 fully saturated rings. The summed E-state index contributed by atoms with van der Waals surface area (Å²) in [5.74, 6) is -0.447. The van der Waals surface area contributed by atoms with Gasteiger partial charge < -0.3 is 15.0 Å². The number of aliphatic imine (C=N–C) groups is 1. The number of rotatable bonds is 4. The third kappa shape index (κ3) is 6.12. The zero-order chi connectivity index (χ0) is 22.1. The van der Waals surface area contributed by atoms with E-state index in [2.05, 4.69) is 10.3 Å². The highest BCUT2D eigenvalue weighted by molar-refractivity contribution is 8.15. The quantitative estimate of drug-likeness (QED) is 0.716. The monoisotopic (exact) mass is 473 g/mol.